The van der Waals surface area contributed by atoms with Gasteiger partial charge < -0.3 is 0 Å². The number of primary sulfonamides is 1. The van der Waals surface area contributed by atoms with E-state index in [4.69, 9.17) is 5.26 Å². The van der Waals surface area contributed by atoms with Crippen LogP contribution in [0.2, 0.25) is 0 Å². The molecule has 0 aliphatic carbocycles. The number of nitrogens with two attached hydrogens (primary N) is 1. The Bertz CT molecular complexity index is 201. The van der Waals surface area contributed by atoms with E-state index in [2.05, 4.69) is 5.14 Å². The molecule has 0 bridgehead atoms. The smallest absolute Gasteiger partial charge is 0.209 e. The quantitative estimate of drug-likeness (QED) is 0.551. The van der Waals surface area contributed by atoms with Crippen molar-refractivity contribution in [3.05, 3.63) is 0 Å². The Labute approximate surface area is 54.3 Å². The van der Waals surface area contributed by atoms with Crippen molar-refractivity contribution in [2.75, 3.05) is 5.75 Å². The van der Waals surface area contributed by atoms with Crippen molar-refractivity contribution < 1.29 is 8.42 Å². The van der Waals surface area contributed by atoms with Crippen molar-refractivity contribution in [3.63, 3.8) is 0 Å². The molecule has 0 amide bonds. The standard InChI is InChI=1S/C4H8N2O2S/c5-3-1-2-4-9(6,7)8/h1-2,4H2,(H2,6,7,8). The number of hydrogen-bond acceptors (Lipinski definition) is 3. The summed E-state index contributed by atoms with van der Waals surface area (Å²) in [6.45, 7) is 0. The largest absolute Gasteiger partial charge is 0.229 e. The van der Waals surface area contributed by atoms with Crippen molar-refractivity contribution in [2.24, 2.45) is 5.14 Å². The summed E-state index contributed by atoms with van der Waals surface area (Å²) in [5.41, 5.74) is 0. The van der Waals surface area contributed by atoms with Crippen LogP contribution in [0, 0.1) is 11.3 Å². The average Bonchev–Trinajstić information content (AvgIpc) is 1.63. The molecule has 0 fully saturated rings. The third-order valence-electron chi connectivity index (χ3n) is 0.717. The zero-order chi connectivity index (χ0) is 7.33. The Morgan fingerprint density at radius 3 is 2.44 bits per heavy atom. The summed E-state index contributed by atoms with van der Waals surface area (Å²) in [7, 11) is -3.35. The van der Waals surface area contributed by atoms with Crippen molar-refractivity contribution in [2.45, 2.75) is 12.8 Å². The lowest BCUT2D eigenvalue weighted by Crippen LogP contribution is -2.15. The van der Waals surface area contributed by atoms with Crippen LogP contribution in [0.25, 0.3) is 0 Å². The zero-order valence-corrected chi connectivity index (χ0v) is 5.69. The molecular formula is C4H8N2O2S. The molecule has 2 N–H and O–H groups in total. The van der Waals surface area contributed by atoms with E-state index in [9.17, 15) is 8.42 Å². The molecule has 0 saturated heterocycles. The van der Waals surface area contributed by atoms with Gasteiger partial charge in [0.25, 0.3) is 0 Å². The van der Waals surface area contributed by atoms with Crippen LogP contribution < -0.4 is 5.14 Å². The highest BCUT2D eigenvalue weighted by atomic mass is 32.2. The van der Waals surface area contributed by atoms with Crippen LogP contribution in [-0.4, -0.2) is 14.2 Å². The van der Waals surface area contributed by atoms with E-state index in [0.717, 1.165) is 0 Å². The van der Waals surface area contributed by atoms with Crippen molar-refractivity contribution in [1.82, 2.24) is 0 Å². The maximum absolute atomic E-state index is 10.2. The minimum Gasteiger partial charge on any atom is -0.229 e. The number of nitriles is 1. The van der Waals surface area contributed by atoms with Gasteiger partial charge in [0.05, 0.1) is 11.8 Å². The molecule has 4 nitrogen and oxygen atoms in total. The summed E-state index contributed by atoms with van der Waals surface area (Å²) in [5.74, 6) is -0.0967. The Morgan fingerprint density at radius 2 is 2.11 bits per heavy atom. The van der Waals surface area contributed by atoms with Gasteiger partial charge in [-0.05, 0) is 6.42 Å². The first-order valence-electron chi connectivity index (χ1n) is 2.43. The fraction of sp³-hybridized carbons (Fsp3) is 0.750. The number of unbranched alkanes of at least 4 members (excludes halogenated alkanes) is 1. The van der Waals surface area contributed by atoms with Crippen LogP contribution in [0.15, 0.2) is 0 Å². The molecule has 0 aliphatic heterocycles. The van der Waals surface area contributed by atoms with Gasteiger partial charge in [0.15, 0.2) is 0 Å². The van der Waals surface area contributed by atoms with E-state index < -0.39 is 10.0 Å². The molecule has 0 radical (unpaired) electrons. The number of hydrogen-bond donors (Lipinski definition) is 1. The van der Waals surface area contributed by atoms with Gasteiger partial charge in [-0.1, -0.05) is 0 Å². The van der Waals surface area contributed by atoms with E-state index in [0.29, 0.717) is 6.42 Å². The number of nitrogens with zero attached hydrogens (tertiary/aromatic N) is 1. The summed E-state index contributed by atoms with van der Waals surface area (Å²) in [4.78, 5) is 0. The normalized spacial score (nSPS) is 10.7. The highest BCUT2D eigenvalue weighted by Gasteiger charge is 1.99. The predicted molar refractivity (Wildman–Crippen MR) is 32.8 cm³/mol. The summed E-state index contributed by atoms with van der Waals surface area (Å²) >= 11 is 0. The SMILES string of the molecule is N#CCCCS(N)(=O)=O. The van der Waals surface area contributed by atoms with E-state index >= 15 is 0 Å². The molecule has 0 heterocycles. The first kappa shape index (κ1) is 8.40. The van der Waals surface area contributed by atoms with E-state index in [1.54, 1.807) is 0 Å². The van der Waals surface area contributed by atoms with E-state index in [1.807, 2.05) is 6.07 Å². The van der Waals surface area contributed by atoms with Crippen molar-refractivity contribution in [3.8, 4) is 6.07 Å². The van der Waals surface area contributed by atoms with Crippen LogP contribution in [-0.2, 0) is 10.0 Å². The Hall–Kier alpha value is -0.600. The van der Waals surface area contributed by atoms with Gasteiger partial charge in [-0.25, -0.2) is 13.6 Å². The minimum atomic E-state index is -3.35. The average molecular weight is 148 g/mol. The molecule has 0 atom stereocenters. The van der Waals surface area contributed by atoms with Crippen LogP contribution in [0.4, 0.5) is 0 Å². The van der Waals surface area contributed by atoms with Crippen LogP contribution in [0.3, 0.4) is 0 Å². The highest BCUT2D eigenvalue weighted by molar-refractivity contribution is 7.89. The molecule has 5 heteroatoms. The molecule has 0 aromatic rings. The van der Waals surface area contributed by atoms with Gasteiger partial charge in [-0.3, -0.25) is 0 Å². The molecule has 9 heavy (non-hydrogen) atoms. The molecule has 0 aromatic carbocycles. The lowest BCUT2D eigenvalue weighted by atomic mass is 10.4. The van der Waals surface area contributed by atoms with Crippen LogP contribution >= 0.6 is 0 Å². The molecule has 0 unspecified atom stereocenters. The summed E-state index contributed by atoms with van der Waals surface area (Å²) < 4.78 is 20.3. The zero-order valence-electron chi connectivity index (χ0n) is 4.87. The number of rotatable bonds is 3. The summed E-state index contributed by atoms with van der Waals surface area (Å²) in [6.07, 6.45) is 0.575. The Balaban J connectivity index is 3.44. The Kier molecular flexibility index (Phi) is 3.20. The molecule has 0 saturated carbocycles. The highest BCUT2D eigenvalue weighted by Crippen LogP contribution is 1.88. The van der Waals surface area contributed by atoms with Gasteiger partial charge in [-0.15, -0.1) is 0 Å². The van der Waals surface area contributed by atoms with Gasteiger partial charge >= 0.3 is 0 Å². The van der Waals surface area contributed by atoms with Crippen molar-refractivity contribution >= 4 is 10.0 Å². The second kappa shape index (κ2) is 3.43. The predicted octanol–water partition coefficient (Wildman–Crippen LogP) is -0.421. The van der Waals surface area contributed by atoms with Crippen molar-refractivity contribution in [1.29, 1.82) is 5.26 Å². The molecule has 0 aliphatic rings. The third-order valence-corrected chi connectivity index (χ3v) is 1.58. The summed E-state index contributed by atoms with van der Waals surface area (Å²) in [5, 5.41) is 12.6. The van der Waals surface area contributed by atoms with Gasteiger partial charge in [-0.2, -0.15) is 5.26 Å². The van der Waals surface area contributed by atoms with Crippen LogP contribution in [0.5, 0.6) is 0 Å². The van der Waals surface area contributed by atoms with Crippen LogP contribution in [0.1, 0.15) is 12.8 Å². The lowest BCUT2D eigenvalue weighted by Gasteiger charge is -1.90. The minimum absolute atomic E-state index is 0.0967. The first-order chi connectivity index (χ1) is 4.06. The third kappa shape index (κ3) is 7.40. The second-order valence-corrected chi connectivity index (χ2v) is 3.36. The van der Waals surface area contributed by atoms with E-state index in [1.165, 1.54) is 0 Å². The van der Waals surface area contributed by atoms with Gasteiger partial charge in [0.2, 0.25) is 10.0 Å². The molecule has 0 rings (SSSR count). The van der Waals surface area contributed by atoms with Gasteiger partial charge in [0.1, 0.15) is 0 Å². The molecule has 0 aromatic heterocycles. The van der Waals surface area contributed by atoms with Gasteiger partial charge in [0, 0.05) is 6.42 Å². The Morgan fingerprint density at radius 1 is 1.56 bits per heavy atom. The molecular weight excluding hydrogens is 140 g/mol. The maximum Gasteiger partial charge on any atom is 0.209 e. The fourth-order valence-corrected chi connectivity index (χ4v) is 0.899. The molecule has 0 spiro atoms. The topological polar surface area (TPSA) is 83.9 Å². The van der Waals surface area contributed by atoms with E-state index in [-0.39, 0.29) is 12.2 Å². The molecule has 52 valence electrons. The fourth-order valence-electron chi connectivity index (χ4n) is 0.352. The summed E-state index contributed by atoms with van der Waals surface area (Å²) in [6, 6.07) is 1.82. The monoisotopic (exact) mass is 148 g/mol. The maximum atomic E-state index is 10.2. The number of sulfonamides is 1. The first-order valence-corrected chi connectivity index (χ1v) is 4.15. The lowest BCUT2D eigenvalue weighted by molar-refractivity contribution is 0.595. The second-order valence-electron chi connectivity index (χ2n) is 1.63.